The maximum absolute atomic E-state index is 3.66. The first kappa shape index (κ1) is 18.9. The molecule has 3 aromatic carbocycles. The van der Waals surface area contributed by atoms with E-state index in [4.69, 9.17) is 0 Å². The maximum Gasteiger partial charge on any atom is 0.0297 e. The molecule has 1 N–H and O–H groups in total. The van der Waals surface area contributed by atoms with E-state index in [9.17, 15) is 0 Å². The number of nitrogens with one attached hydrogen (secondary N) is 1. The summed E-state index contributed by atoms with van der Waals surface area (Å²) in [6, 6.07) is 26.2. The van der Waals surface area contributed by atoms with E-state index >= 15 is 0 Å². The summed E-state index contributed by atoms with van der Waals surface area (Å²) in [5, 5.41) is 6.34. The van der Waals surface area contributed by atoms with Crippen molar-refractivity contribution in [3.8, 4) is 0 Å². The number of hydrogen-bond donors (Lipinski definition) is 1. The molecule has 0 unspecified atom stereocenters. The number of benzene rings is 3. The van der Waals surface area contributed by atoms with Crippen molar-refractivity contribution in [1.82, 2.24) is 5.32 Å². The van der Waals surface area contributed by atoms with E-state index in [1.165, 1.54) is 27.7 Å². The average molecular weight is 358 g/mol. The Morgan fingerprint density at radius 3 is 2.42 bits per heavy atom. The lowest BCUT2D eigenvalue weighted by Crippen LogP contribution is -2.20. The summed E-state index contributed by atoms with van der Waals surface area (Å²) in [5.41, 5.74) is 1.39. The summed E-state index contributed by atoms with van der Waals surface area (Å²) in [5.74, 6) is 1.15. The SMILES string of the molecule is C[C@@H](NCCCSc1ccccc1)c1cccc2ccccc12.Cl. The molecule has 0 radical (unpaired) electrons. The molecule has 0 saturated heterocycles. The number of hydrogen-bond acceptors (Lipinski definition) is 2. The predicted octanol–water partition coefficient (Wildman–Crippen LogP) is 6.09. The van der Waals surface area contributed by atoms with E-state index in [1.54, 1.807) is 0 Å². The van der Waals surface area contributed by atoms with Gasteiger partial charge in [-0.3, -0.25) is 0 Å². The maximum atomic E-state index is 3.66. The van der Waals surface area contributed by atoms with Crippen molar-refractivity contribution in [2.45, 2.75) is 24.3 Å². The Bertz CT molecular complexity index is 740. The molecule has 0 spiro atoms. The van der Waals surface area contributed by atoms with Gasteiger partial charge in [-0.15, -0.1) is 24.2 Å². The molecule has 1 nitrogen and oxygen atoms in total. The molecule has 3 rings (SSSR count). The predicted molar refractivity (Wildman–Crippen MR) is 109 cm³/mol. The largest absolute Gasteiger partial charge is 0.310 e. The van der Waals surface area contributed by atoms with Gasteiger partial charge in [0, 0.05) is 10.9 Å². The Balaban J connectivity index is 0.00000208. The summed E-state index contributed by atoms with van der Waals surface area (Å²) in [6.45, 7) is 3.30. The van der Waals surface area contributed by atoms with Crippen molar-refractivity contribution in [2.24, 2.45) is 0 Å². The zero-order chi connectivity index (χ0) is 15.9. The molecule has 0 aliphatic carbocycles. The first-order chi connectivity index (χ1) is 11.3. The fraction of sp³-hybridized carbons (Fsp3) is 0.238. The van der Waals surface area contributed by atoms with Crippen LogP contribution in [-0.2, 0) is 0 Å². The Morgan fingerprint density at radius 2 is 1.58 bits per heavy atom. The standard InChI is InChI=1S/C21H23NS.ClH/c1-17(20-14-7-10-18-9-5-6-13-21(18)20)22-15-8-16-23-19-11-3-2-4-12-19;/h2-7,9-14,17,22H,8,15-16H2,1H3;1H/t17-;/m1./s1. The third-order valence-electron chi connectivity index (χ3n) is 4.07. The van der Waals surface area contributed by atoms with Gasteiger partial charge in [0.05, 0.1) is 0 Å². The number of fused-ring (bicyclic) bond motifs is 1. The smallest absolute Gasteiger partial charge is 0.0297 e. The topological polar surface area (TPSA) is 12.0 Å². The molecular formula is C21H24ClNS. The monoisotopic (exact) mass is 357 g/mol. The Hall–Kier alpha value is -1.48. The molecule has 0 bridgehead atoms. The normalized spacial score (nSPS) is 11.9. The highest BCUT2D eigenvalue weighted by Gasteiger charge is 2.08. The lowest BCUT2D eigenvalue weighted by Gasteiger charge is -2.16. The molecule has 126 valence electrons. The lowest BCUT2D eigenvalue weighted by molar-refractivity contribution is 0.575. The molecular weight excluding hydrogens is 334 g/mol. The van der Waals surface area contributed by atoms with Gasteiger partial charge >= 0.3 is 0 Å². The van der Waals surface area contributed by atoms with Crippen LogP contribution >= 0.6 is 24.2 Å². The van der Waals surface area contributed by atoms with Crippen LogP contribution in [0.1, 0.15) is 24.9 Å². The summed E-state index contributed by atoms with van der Waals surface area (Å²) < 4.78 is 0. The van der Waals surface area contributed by atoms with E-state index in [0.717, 1.165) is 12.3 Å². The van der Waals surface area contributed by atoms with Crippen molar-refractivity contribution >= 4 is 34.9 Å². The van der Waals surface area contributed by atoms with Gasteiger partial charge in [0.25, 0.3) is 0 Å². The second-order valence-corrected chi connectivity index (χ2v) is 6.93. The number of thioether (sulfide) groups is 1. The molecule has 0 fully saturated rings. The third-order valence-corrected chi connectivity index (χ3v) is 5.17. The minimum absolute atomic E-state index is 0. The quantitative estimate of drug-likeness (QED) is 0.405. The van der Waals surface area contributed by atoms with Gasteiger partial charge < -0.3 is 5.32 Å². The minimum atomic E-state index is 0. The van der Waals surface area contributed by atoms with Crippen LogP contribution in [0, 0.1) is 0 Å². The van der Waals surface area contributed by atoms with Crippen LogP contribution in [0.5, 0.6) is 0 Å². The van der Waals surface area contributed by atoms with Crippen molar-refractivity contribution in [3.05, 3.63) is 78.4 Å². The highest BCUT2D eigenvalue weighted by atomic mass is 35.5. The molecule has 0 saturated carbocycles. The summed E-state index contributed by atoms with van der Waals surface area (Å²) in [7, 11) is 0. The van der Waals surface area contributed by atoms with Gasteiger partial charge in [0.15, 0.2) is 0 Å². The van der Waals surface area contributed by atoms with E-state index in [1.807, 2.05) is 11.8 Å². The van der Waals surface area contributed by atoms with Crippen LogP contribution in [0.2, 0.25) is 0 Å². The second kappa shape index (κ2) is 9.73. The van der Waals surface area contributed by atoms with Crippen molar-refractivity contribution in [1.29, 1.82) is 0 Å². The van der Waals surface area contributed by atoms with Crippen LogP contribution in [0.15, 0.2) is 77.7 Å². The first-order valence-electron chi connectivity index (χ1n) is 8.23. The highest BCUT2D eigenvalue weighted by molar-refractivity contribution is 7.99. The van der Waals surface area contributed by atoms with Crippen molar-refractivity contribution in [2.75, 3.05) is 12.3 Å². The van der Waals surface area contributed by atoms with E-state index in [2.05, 4.69) is 85.0 Å². The molecule has 1 atom stereocenters. The van der Waals surface area contributed by atoms with E-state index < -0.39 is 0 Å². The summed E-state index contributed by atoms with van der Waals surface area (Å²) in [4.78, 5) is 1.36. The molecule has 0 heterocycles. The van der Waals surface area contributed by atoms with Crippen LogP contribution < -0.4 is 5.32 Å². The molecule has 24 heavy (non-hydrogen) atoms. The Kier molecular flexibility index (Phi) is 7.64. The van der Waals surface area contributed by atoms with Gasteiger partial charge in [-0.1, -0.05) is 60.7 Å². The number of halogens is 1. The van der Waals surface area contributed by atoms with Gasteiger partial charge in [-0.25, -0.2) is 0 Å². The summed E-state index contributed by atoms with van der Waals surface area (Å²) in [6.07, 6.45) is 1.18. The minimum Gasteiger partial charge on any atom is -0.310 e. The molecule has 0 aliphatic heterocycles. The molecule has 0 aromatic heterocycles. The lowest BCUT2D eigenvalue weighted by atomic mass is 10.00. The zero-order valence-electron chi connectivity index (χ0n) is 13.9. The van der Waals surface area contributed by atoms with Gasteiger partial charge in [0.1, 0.15) is 0 Å². The Morgan fingerprint density at radius 1 is 0.875 bits per heavy atom. The average Bonchev–Trinajstić information content (AvgIpc) is 2.61. The molecule has 0 amide bonds. The highest BCUT2D eigenvalue weighted by Crippen LogP contribution is 2.24. The molecule has 3 aromatic rings. The van der Waals surface area contributed by atoms with Crippen molar-refractivity contribution in [3.63, 3.8) is 0 Å². The number of rotatable bonds is 7. The third kappa shape index (κ3) is 5.01. The van der Waals surface area contributed by atoms with Gasteiger partial charge in [-0.05, 0) is 54.1 Å². The van der Waals surface area contributed by atoms with Crippen LogP contribution in [0.4, 0.5) is 0 Å². The summed E-state index contributed by atoms with van der Waals surface area (Å²) >= 11 is 1.93. The van der Waals surface area contributed by atoms with Crippen LogP contribution in [0.3, 0.4) is 0 Å². The van der Waals surface area contributed by atoms with E-state index in [-0.39, 0.29) is 12.4 Å². The van der Waals surface area contributed by atoms with Gasteiger partial charge in [-0.2, -0.15) is 0 Å². The van der Waals surface area contributed by atoms with Crippen molar-refractivity contribution < 1.29 is 0 Å². The second-order valence-electron chi connectivity index (χ2n) is 5.76. The van der Waals surface area contributed by atoms with Crippen LogP contribution in [0.25, 0.3) is 10.8 Å². The van der Waals surface area contributed by atoms with Crippen LogP contribution in [-0.4, -0.2) is 12.3 Å². The Labute approximate surface area is 155 Å². The first-order valence-corrected chi connectivity index (χ1v) is 9.22. The fourth-order valence-corrected chi connectivity index (χ4v) is 3.71. The van der Waals surface area contributed by atoms with E-state index in [0.29, 0.717) is 6.04 Å². The zero-order valence-corrected chi connectivity index (χ0v) is 15.6. The molecule has 0 aliphatic rings. The van der Waals surface area contributed by atoms with Gasteiger partial charge in [0.2, 0.25) is 0 Å². The molecule has 3 heteroatoms. The fourth-order valence-electron chi connectivity index (χ4n) is 2.84.